The molecule has 0 unspecified atom stereocenters. The number of fused-ring (bicyclic) bond motifs is 1. The molecule has 2 aromatic carbocycles. The van der Waals surface area contributed by atoms with Crippen molar-refractivity contribution in [2.45, 2.75) is 13.0 Å². The first-order valence-corrected chi connectivity index (χ1v) is 9.54. The number of anilines is 2. The van der Waals surface area contributed by atoms with E-state index in [9.17, 15) is 14.4 Å². The lowest BCUT2D eigenvalue weighted by molar-refractivity contribution is -0.143. The van der Waals surface area contributed by atoms with E-state index in [1.807, 2.05) is 31.2 Å². The van der Waals surface area contributed by atoms with E-state index in [2.05, 4.69) is 15.2 Å². The highest BCUT2D eigenvalue weighted by Gasteiger charge is 2.30. The van der Waals surface area contributed by atoms with Gasteiger partial charge in [0, 0.05) is 48.1 Å². The second-order valence-electron chi connectivity index (χ2n) is 6.95. The maximum Gasteiger partial charge on any atom is 0.417 e. The summed E-state index contributed by atoms with van der Waals surface area (Å²) in [6.45, 7) is 3.49. The summed E-state index contributed by atoms with van der Waals surface area (Å²) in [5, 5.41) is 3.24. The van der Waals surface area contributed by atoms with Gasteiger partial charge in [0.2, 0.25) is 0 Å². The molecule has 1 fully saturated rings. The summed E-state index contributed by atoms with van der Waals surface area (Å²) in [4.78, 5) is 42.5. The number of benzene rings is 2. The van der Waals surface area contributed by atoms with Gasteiger partial charge in [-0.3, -0.25) is 14.6 Å². The van der Waals surface area contributed by atoms with Crippen LogP contribution in [0, 0.1) is 0 Å². The van der Waals surface area contributed by atoms with Gasteiger partial charge < -0.3 is 19.5 Å². The maximum atomic E-state index is 12.6. The number of hydrogen-bond acceptors (Lipinski definition) is 5. The van der Waals surface area contributed by atoms with Crippen LogP contribution in [-0.4, -0.2) is 47.4 Å². The maximum absolute atomic E-state index is 12.6. The number of nitrogens with zero attached hydrogens (tertiary/aromatic N) is 2. The summed E-state index contributed by atoms with van der Waals surface area (Å²) in [5.41, 5.74) is 2.24. The van der Waals surface area contributed by atoms with Gasteiger partial charge in [0.05, 0.1) is 5.52 Å². The Morgan fingerprint density at radius 1 is 1.17 bits per heavy atom. The topological polar surface area (TPSA) is 98.7 Å². The highest BCUT2D eigenvalue weighted by molar-refractivity contribution is 6.39. The molecule has 3 aromatic rings. The minimum absolute atomic E-state index is 0.0483. The Bertz CT molecular complexity index is 1120. The predicted octanol–water partition coefficient (Wildman–Crippen LogP) is 2.45. The number of rotatable bonds is 2. The Labute approximate surface area is 171 Å². The molecular weight excluding hydrogens is 396 g/mol. The second kappa shape index (κ2) is 7.63. The van der Waals surface area contributed by atoms with E-state index >= 15 is 0 Å². The van der Waals surface area contributed by atoms with Gasteiger partial charge in [-0.2, -0.15) is 0 Å². The van der Waals surface area contributed by atoms with Crippen molar-refractivity contribution in [2.75, 3.05) is 29.9 Å². The van der Waals surface area contributed by atoms with E-state index in [0.29, 0.717) is 41.4 Å². The zero-order chi connectivity index (χ0) is 20.5. The Hall–Kier alpha value is -3.26. The third kappa shape index (κ3) is 3.97. The van der Waals surface area contributed by atoms with Crippen molar-refractivity contribution in [2.24, 2.45) is 0 Å². The number of carbonyl (C=O) groups excluding carboxylic acids is 2. The molecule has 1 atom stereocenters. The molecule has 2 heterocycles. The number of piperazine rings is 1. The van der Waals surface area contributed by atoms with Crippen molar-refractivity contribution >= 4 is 45.9 Å². The molecule has 4 rings (SSSR count). The molecule has 2 amide bonds. The van der Waals surface area contributed by atoms with E-state index in [0.717, 1.165) is 5.69 Å². The standard InChI is InChI=1S/C20H19ClN4O4/c1-12-11-24(8-9-25(12)15-5-2-13(21)3-6-15)19(27)18(26)22-14-4-7-16-17(10-14)29-20(28)23-16/h2-7,10,12H,8-9,11H2,1H3,(H,22,26)(H,23,28)/t12-/m0/s1. The number of aromatic amines is 1. The van der Waals surface area contributed by atoms with Crippen LogP contribution in [0.5, 0.6) is 0 Å². The van der Waals surface area contributed by atoms with Gasteiger partial charge in [-0.15, -0.1) is 0 Å². The zero-order valence-electron chi connectivity index (χ0n) is 15.6. The van der Waals surface area contributed by atoms with Crippen LogP contribution in [0.15, 0.2) is 51.7 Å². The van der Waals surface area contributed by atoms with Crippen LogP contribution in [0.1, 0.15) is 6.92 Å². The van der Waals surface area contributed by atoms with Crippen LogP contribution in [-0.2, 0) is 9.59 Å². The van der Waals surface area contributed by atoms with Crippen LogP contribution >= 0.6 is 11.6 Å². The van der Waals surface area contributed by atoms with E-state index in [1.54, 1.807) is 17.0 Å². The van der Waals surface area contributed by atoms with Gasteiger partial charge in [-0.25, -0.2) is 4.79 Å². The number of aromatic nitrogens is 1. The first-order valence-electron chi connectivity index (χ1n) is 9.16. The first-order chi connectivity index (χ1) is 13.9. The molecule has 0 bridgehead atoms. The lowest BCUT2D eigenvalue weighted by atomic mass is 10.1. The normalized spacial score (nSPS) is 16.8. The number of halogens is 1. The summed E-state index contributed by atoms with van der Waals surface area (Å²) in [7, 11) is 0. The fourth-order valence-electron chi connectivity index (χ4n) is 3.51. The molecule has 8 nitrogen and oxygen atoms in total. The molecule has 1 aliphatic rings. The van der Waals surface area contributed by atoms with Gasteiger partial charge in [0.25, 0.3) is 0 Å². The average molecular weight is 415 g/mol. The Morgan fingerprint density at radius 2 is 1.93 bits per heavy atom. The van der Waals surface area contributed by atoms with Crippen molar-refractivity contribution in [3.05, 3.63) is 58.0 Å². The number of H-pyrrole nitrogens is 1. The number of hydrogen-bond donors (Lipinski definition) is 2. The third-order valence-corrected chi connectivity index (χ3v) is 5.20. The minimum atomic E-state index is -0.727. The zero-order valence-corrected chi connectivity index (χ0v) is 16.4. The molecule has 1 aromatic heterocycles. The Morgan fingerprint density at radius 3 is 2.66 bits per heavy atom. The molecule has 0 aliphatic carbocycles. The van der Waals surface area contributed by atoms with E-state index in [4.69, 9.17) is 16.0 Å². The first kappa shape index (κ1) is 19.1. The van der Waals surface area contributed by atoms with E-state index < -0.39 is 17.6 Å². The van der Waals surface area contributed by atoms with Crippen LogP contribution in [0.25, 0.3) is 11.1 Å². The van der Waals surface area contributed by atoms with Crippen LogP contribution in [0.4, 0.5) is 11.4 Å². The summed E-state index contributed by atoms with van der Waals surface area (Å²) in [6, 6.07) is 12.3. The van der Waals surface area contributed by atoms with Crippen molar-refractivity contribution in [3.8, 4) is 0 Å². The lowest BCUT2D eigenvalue weighted by Gasteiger charge is -2.41. The van der Waals surface area contributed by atoms with Crippen molar-refractivity contribution in [1.29, 1.82) is 0 Å². The van der Waals surface area contributed by atoms with Gasteiger partial charge in [-0.05, 0) is 43.3 Å². The monoisotopic (exact) mass is 414 g/mol. The third-order valence-electron chi connectivity index (χ3n) is 4.95. The van der Waals surface area contributed by atoms with Gasteiger partial charge in [-0.1, -0.05) is 11.6 Å². The van der Waals surface area contributed by atoms with Crippen molar-refractivity contribution in [3.63, 3.8) is 0 Å². The molecule has 0 radical (unpaired) electrons. The van der Waals surface area contributed by atoms with Crippen LogP contribution in [0.3, 0.4) is 0 Å². The quantitative estimate of drug-likeness (QED) is 0.627. The highest BCUT2D eigenvalue weighted by atomic mass is 35.5. The Kier molecular flexibility index (Phi) is 5.02. The SMILES string of the molecule is C[C@H]1CN(C(=O)C(=O)Nc2ccc3[nH]c(=O)oc3c2)CCN1c1ccc(Cl)cc1. The largest absolute Gasteiger partial charge is 0.417 e. The molecule has 150 valence electrons. The molecular formula is C20H19ClN4O4. The molecule has 1 saturated heterocycles. The summed E-state index contributed by atoms with van der Waals surface area (Å²) in [6.07, 6.45) is 0. The molecule has 1 aliphatic heterocycles. The minimum Gasteiger partial charge on any atom is -0.408 e. The average Bonchev–Trinajstić information content (AvgIpc) is 3.07. The number of amides is 2. The molecule has 0 saturated carbocycles. The fraction of sp³-hybridized carbons (Fsp3) is 0.250. The highest BCUT2D eigenvalue weighted by Crippen LogP contribution is 2.23. The summed E-state index contributed by atoms with van der Waals surface area (Å²) < 4.78 is 4.97. The van der Waals surface area contributed by atoms with Crippen molar-refractivity contribution in [1.82, 2.24) is 9.88 Å². The predicted molar refractivity (Wildman–Crippen MR) is 110 cm³/mol. The number of nitrogens with one attached hydrogen (secondary N) is 2. The molecule has 2 N–H and O–H groups in total. The van der Waals surface area contributed by atoms with Gasteiger partial charge >= 0.3 is 17.6 Å². The van der Waals surface area contributed by atoms with E-state index in [-0.39, 0.29) is 6.04 Å². The smallest absolute Gasteiger partial charge is 0.408 e. The molecule has 0 spiro atoms. The lowest BCUT2D eigenvalue weighted by Crippen LogP contribution is -2.55. The van der Waals surface area contributed by atoms with Gasteiger partial charge in [0.1, 0.15) is 0 Å². The van der Waals surface area contributed by atoms with Crippen LogP contribution < -0.4 is 16.0 Å². The van der Waals surface area contributed by atoms with Gasteiger partial charge in [0.15, 0.2) is 5.58 Å². The number of oxazole rings is 1. The van der Waals surface area contributed by atoms with Crippen LogP contribution in [0.2, 0.25) is 5.02 Å². The summed E-state index contributed by atoms with van der Waals surface area (Å²) in [5.74, 6) is -1.90. The van der Waals surface area contributed by atoms with Crippen molar-refractivity contribution < 1.29 is 14.0 Å². The Balaban J connectivity index is 1.40. The molecule has 9 heteroatoms. The summed E-state index contributed by atoms with van der Waals surface area (Å²) >= 11 is 5.95. The fourth-order valence-corrected chi connectivity index (χ4v) is 3.64. The van der Waals surface area contributed by atoms with E-state index in [1.165, 1.54) is 6.07 Å². The number of carbonyl (C=O) groups is 2. The second-order valence-corrected chi connectivity index (χ2v) is 7.39. The molecule has 29 heavy (non-hydrogen) atoms.